The summed E-state index contributed by atoms with van der Waals surface area (Å²) in [7, 11) is 1.34. The number of aromatic hydroxyl groups is 1. The Morgan fingerprint density at radius 1 is 1.25 bits per heavy atom. The maximum atomic E-state index is 11.6. The van der Waals surface area contributed by atoms with Gasteiger partial charge >= 0.3 is 5.97 Å². The van der Waals surface area contributed by atoms with E-state index in [4.69, 9.17) is 4.74 Å². The molecule has 0 fully saturated rings. The van der Waals surface area contributed by atoms with E-state index < -0.39 is 5.97 Å². The Labute approximate surface area is 151 Å². The van der Waals surface area contributed by atoms with Crippen molar-refractivity contribution < 1.29 is 14.6 Å². The average Bonchev–Trinajstić information content (AvgIpc) is 2.92. The van der Waals surface area contributed by atoms with Crippen molar-refractivity contribution >= 4 is 17.3 Å². The minimum absolute atomic E-state index is 0.0470. The third-order valence-corrected chi connectivity index (χ3v) is 6.12. The van der Waals surface area contributed by atoms with Crippen molar-refractivity contribution in [2.45, 2.75) is 85.0 Å². The van der Waals surface area contributed by atoms with Gasteiger partial charge in [0, 0.05) is 4.88 Å². The Kier molecular flexibility index (Phi) is 8.82. The summed E-state index contributed by atoms with van der Waals surface area (Å²) in [4.78, 5) is 13.0. The first-order chi connectivity index (χ1) is 11.3. The number of hydrogen-bond acceptors (Lipinski definition) is 4. The summed E-state index contributed by atoms with van der Waals surface area (Å²) in [6.45, 7) is 9.18. The molecule has 1 unspecified atom stereocenters. The van der Waals surface area contributed by atoms with Crippen LogP contribution in [0.1, 0.15) is 99.5 Å². The second-order valence-electron chi connectivity index (χ2n) is 7.62. The number of ether oxygens (including phenoxy) is 1. The molecule has 3 nitrogen and oxygen atoms in total. The van der Waals surface area contributed by atoms with Gasteiger partial charge in [-0.05, 0) is 36.7 Å². The largest absolute Gasteiger partial charge is 0.506 e. The Morgan fingerprint density at radius 2 is 1.88 bits per heavy atom. The van der Waals surface area contributed by atoms with Gasteiger partial charge in [0.15, 0.2) is 4.88 Å². The van der Waals surface area contributed by atoms with Gasteiger partial charge in [-0.25, -0.2) is 4.79 Å². The molecule has 4 heteroatoms. The fraction of sp³-hybridized carbons (Fsp3) is 0.750. The highest BCUT2D eigenvalue weighted by molar-refractivity contribution is 7.14. The van der Waals surface area contributed by atoms with Gasteiger partial charge < -0.3 is 9.84 Å². The molecule has 0 bridgehead atoms. The molecule has 0 amide bonds. The van der Waals surface area contributed by atoms with Crippen LogP contribution in [0.2, 0.25) is 0 Å². The molecule has 24 heavy (non-hydrogen) atoms. The minimum Gasteiger partial charge on any atom is -0.506 e. The first kappa shape index (κ1) is 21.0. The van der Waals surface area contributed by atoms with Gasteiger partial charge in [-0.15, -0.1) is 11.3 Å². The molecule has 1 heterocycles. The van der Waals surface area contributed by atoms with Crippen LogP contribution in [-0.2, 0) is 4.74 Å². The fourth-order valence-electron chi connectivity index (χ4n) is 3.06. The summed E-state index contributed by atoms with van der Waals surface area (Å²) < 4.78 is 4.70. The molecule has 0 aliphatic carbocycles. The maximum absolute atomic E-state index is 11.6. The first-order valence-electron chi connectivity index (χ1n) is 9.21. The SMILES string of the molecule is CCCCCC(C)(C)CCCCC(C)c1cc(O)c(C(=O)OC)s1. The summed E-state index contributed by atoms with van der Waals surface area (Å²) in [5, 5.41) is 9.87. The van der Waals surface area contributed by atoms with Gasteiger partial charge in [0.25, 0.3) is 0 Å². The monoisotopic (exact) mass is 354 g/mol. The second kappa shape index (κ2) is 10.1. The maximum Gasteiger partial charge on any atom is 0.351 e. The van der Waals surface area contributed by atoms with E-state index in [0.717, 1.165) is 11.3 Å². The Morgan fingerprint density at radius 3 is 2.46 bits per heavy atom. The van der Waals surface area contributed by atoms with Crippen molar-refractivity contribution in [3.63, 3.8) is 0 Å². The molecule has 0 spiro atoms. The van der Waals surface area contributed by atoms with E-state index in [-0.39, 0.29) is 5.75 Å². The number of thiophene rings is 1. The highest BCUT2D eigenvalue weighted by Crippen LogP contribution is 2.36. The van der Waals surface area contributed by atoms with E-state index in [2.05, 4.69) is 27.7 Å². The minimum atomic E-state index is -0.454. The Hall–Kier alpha value is -1.03. The van der Waals surface area contributed by atoms with E-state index in [0.29, 0.717) is 16.2 Å². The number of hydrogen-bond donors (Lipinski definition) is 1. The van der Waals surface area contributed by atoms with Crippen molar-refractivity contribution in [3.05, 3.63) is 15.8 Å². The van der Waals surface area contributed by atoms with Crippen LogP contribution in [0.4, 0.5) is 0 Å². The lowest BCUT2D eigenvalue weighted by molar-refractivity contribution is 0.0603. The molecule has 0 radical (unpaired) electrons. The van der Waals surface area contributed by atoms with E-state index in [1.54, 1.807) is 6.07 Å². The van der Waals surface area contributed by atoms with E-state index >= 15 is 0 Å². The number of methoxy groups -OCH3 is 1. The zero-order valence-electron chi connectivity index (χ0n) is 16.0. The predicted molar refractivity (Wildman–Crippen MR) is 102 cm³/mol. The van der Waals surface area contributed by atoms with Gasteiger partial charge in [0.2, 0.25) is 0 Å². The lowest BCUT2D eigenvalue weighted by atomic mass is 9.81. The molecule has 1 N–H and O–H groups in total. The Bertz CT molecular complexity index is 505. The zero-order chi connectivity index (χ0) is 18.2. The van der Waals surface area contributed by atoms with Crippen LogP contribution in [0, 0.1) is 5.41 Å². The molecule has 1 aromatic rings. The molecule has 1 aromatic heterocycles. The quantitative estimate of drug-likeness (QED) is 0.364. The second-order valence-corrected chi connectivity index (χ2v) is 8.71. The van der Waals surface area contributed by atoms with Crippen molar-refractivity contribution in [2.75, 3.05) is 7.11 Å². The van der Waals surface area contributed by atoms with Crippen molar-refractivity contribution in [1.29, 1.82) is 0 Å². The third kappa shape index (κ3) is 6.84. The summed E-state index contributed by atoms with van der Waals surface area (Å²) in [6, 6.07) is 1.72. The van der Waals surface area contributed by atoms with Gasteiger partial charge in [-0.1, -0.05) is 59.8 Å². The predicted octanol–water partition coefficient (Wildman–Crippen LogP) is 6.51. The van der Waals surface area contributed by atoms with Crippen LogP contribution in [0.5, 0.6) is 5.75 Å². The van der Waals surface area contributed by atoms with Gasteiger partial charge in [0.05, 0.1) is 7.11 Å². The molecule has 1 atom stereocenters. The number of carbonyl (C=O) groups excluding carboxylic acids is 1. The average molecular weight is 355 g/mol. The number of esters is 1. The smallest absolute Gasteiger partial charge is 0.351 e. The molecule has 1 rings (SSSR count). The first-order valence-corrected chi connectivity index (χ1v) is 10.0. The fourth-order valence-corrected chi connectivity index (χ4v) is 4.11. The zero-order valence-corrected chi connectivity index (χ0v) is 16.8. The summed E-state index contributed by atoms with van der Waals surface area (Å²) in [6.07, 6.45) is 10.1. The molecular weight excluding hydrogens is 320 g/mol. The van der Waals surface area contributed by atoms with Crippen LogP contribution in [0.25, 0.3) is 0 Å². The van der Waals surface area contributed by atoms with Crippen LogP contribution in [-0.4, -0.2) is 18.2 Å². The molecular formula is C20H34O3S. The lowest BCUT2D eigenvalue weighted by Gasteiger charge is -2.24. The van der Waals surface area contributed by atoms with Gasteiger partial charge in [0.1, 0.15) is 5.75 Å². The van der Waals surface area contributed by atoms with Crippen LogP contribution >= 0.6 is 11.3 Å². The molecule has 0 aromatic carbocycles. The number of unbranched alkanes of at least 4 members (excludes halogenated alkanes) is 3. The normalized spacial score (nSPS) is 13.0. The lowest BCUT2D eigenvalue weighted by Crippen LogP contribution is -2.11. The molecule has 0 saturated heterocycles. The summed E-state index contributed by atoms with van der Waals surface area (Å²) in [5.74, 6) is -0.0435. The molecule has 0 saturated carbocycles. The highest BCUT2D eigenvalue weighted by Gasteiger charge is 2.20. The number of carbonyl (C=O) groups is 1. The van der Waals surface area contributed by atoms with Crippen molar-refractivity contribution in [2.24, 2.45) is 5.41 Å². The van der Waals surface area contributed by atoms with Crippen LogP contribution < -0.4 is 0 Å². The summed E-state index contributed by atoms with van der Waals surface area (Å²) in [5.41, 5.74) is 0.442. The highest BCUT2D eigenvalue weighted by atomic mass is 32.1. The third-order valence-electron chi connectivity index (χ3n) is 4.79. The Balaban J connectivity index is 2.39. The topological polar surface area (TPSA) is 46.5 Å². The molecule has 138 valence electrons. The van der Waals surface area contributed by atoms with E-state index in [9.17, 15) is 9.90 Å². The molecule has 0 aliphatic heterocycles. The van der Waals surface area contributed by atoms with Crippen LogP contribution in [0.3, 0.4) is 0 Å². The van der Waals surface area contributed by atoms with Gasteiger partial charge in [-0.3, -0.25) is 0 Å². The standard InChI is InChI=1S/C20H34O3S/c1-6-7-9-12-20(3,4)13-10-8-11-15(2)17-14-16(21)18(24-17)19(22)23-5/h14-15,21H,6-13H2,1-5H3. The van der Waals surface area contributed by atoms with E-state index in [1.807, 2.05) is 0 Å². The van der Waals surface area contributed by atoms with Crippen LogP contribution in [0.15, 0.2) is 6.07 Å². The molecule has 0 aliphatic rings. The summed E-state index contributed by atoms with van der Waals surface area (Å²) >= 11 is 1.35. The number of rotatable bonds is 11. The van der Waals surface area contributed by atoms with Gasteiger partial charge in [-0.2, -0.15) is 0 Å². The van der Waals surface area contributed by atoms with E-state index in [1.165, 1.54) is 63.4 Å². The van der Waals surface area contributed by atoms with Crippen molar-refractivity contribution in [3.8, 4) is 5.75 Å². The van der Waals surface area contributed by atoms with Crippen molar-refractivity contribution in [1.82, 2.24) is 0 Å².